The summed E-state index contributed by atoms with van der Waals surface area (Å²) in [6, 6.07) is 7.51. The molecule has 114 valence electrons. The van der Waals surface area contributed by atoms with Crippen LogP contribution in [0.3, 0.4) is 0 Å². The molecular formula is C17H23FN2O. The summed E-state index contributed by atoms with van der Waals surface area (Å²) >= 11 is 0. The van der Waals surface area contributed by atoms with Crippen molar-refractivity contribution in [1.82, 2.24) is 10.6 Å². The third kappa shape index (κ3) is 3.62. The smallest absolute Gasteiger partial charge is 0.220 e. The van der Waals surface area contributed by atoms with E-state index >= 15 is 0 Å². The fraction of sp³-hybridized carbons (Fsp3) is 0.588. The fourth-order valence-electron chi connectivity index (χ4n) is 3.76. The predicted molar refractivity (Wildman–Crippen MR) is 80.2 cm³/mol. The van der Waals surface area contributed by atoms with E-state index in [1.54, 1.807) is 6.07 Å². The largest absolute Gasteiger partial charge is 0.350 e. The maximum atomic E-state index is 13.2. The number of hydrogen-bond donors (Lipinski definition) is 2. The molecule has 3 rings (SSSR count). The summed E-state index contributed by atoms with van der Waals surface area (Å²) in [5.41, 5.74) is 0.814. The molecule has 21 heavy (non-hydrogen) atoms. The quantitative estimate of drug-likeness (QED) is 0.895. The van der Waals surface area contributed by atoms with Crippen LogP contribution in [0, 0.1) is 11.7 Å². The summed E-state index contributed by atoms with van der Waals surface area (Å²) in [4.78, 5) is 12.2. The van der Waals surface area contributed by atoms with Crippen molar-refractivity contribution in [2.24, 2.45) is 5.92 Å². The lowest BCUT2D eigenvalue weighted by molar-refractivity contribution is -0.122. The molecule has 3 nitrogen and oxygen atoms in total. The maximum Gasteiger partial charge on any atom is 0.220 e. The van der Waals surface area contributed by atoms with Gasteiger partial charge in [-0.3, -0.25) is 4.79 Å². The first kappa shape index (κ1) is 14.5. The Bertz CT molecular complexity index is 507. The van der Waals surface area contributed by atoms with Crippen molar-refractivity contribution in [3.8, 4) is 0 Å². The lowest BCUT2D eigenvalue weighted by Crippen LogP contribution is -2.40. The molecule has 2 fully saturated rings. The molecule has 0 spiro atoms. The Balaban J connectivity index is 1.52. The molecule has 0 saturated carbocycles. The number of halogens is 1. The lowest BCUT2D eigenvalue weighted by Gasteiger charge is -2.29. The first-order valence-corrected chi connectivity index (χ1v) is 7.91. The van der Waals surface area contributed by atoms with E-state index in [1.165, 1.54) is 25.0 Å². The molecule has 4 heteroatoms. The van der Waals surface area contributed by atoms with Crippen molar-refractivity contribution in [2.45, 2.75) is 57.2 Å². The molecule has 2 unspecified atom stereocenters. The summed E-state index contributed by atoms with van der Waals surface area (Å²) in [6.45, 7) is 1.90. The summed E-state index contributed by atoms with van der Waals surface area (Å²) in [5.74, 6) is 0.310. The van der Waals surface area contributed by atoms with Crippen LogP contribution in [0.25, 0.3) is 0 Å². The van der Waals surface area contributed by atoms with Crippen molar-refractivity contribution in [3.05, 3.63) is 35.6 Å². The summed E-state index contributed by atoms with van der Waals surface area (Å²) in [7, 11) is 0. The zero-order valence-electron chi connectivity index (χ0n) is 12.4. The third-order valence-electron chi connectivity index (χ3n) is 4.77. The van der Waals surface area contributed by atoms with E-state index in [9.17, 15) is 9.18 Å². The molecule has 2 heterocycles. The minimum absolute atomic E-state index is 0.0815. The number of piperidine rings is 1. The van der Waals surface area contributed by atoms with E-state index in [-0.39, 0.29) is 17.8 Å². The van der Waals surface area contributed by atoms with Gasteiger partial charge in [-0.05, 0) is 56.2 Å². The summed E-state index contributed by atoms with van der Waals surface area (Å²) < 4.78 is 13.2. The number of carbonyl (C=O) groups is 1. The van der Waals surface area contributed by atoms with Crippen LogP contribution in [0.2, 0.25) is 0 Å². The van der Waals surface area contributed by atoms with Crippen molar-refractivity contribution in [3.63, 3.8) is 0 Å². The van der Waals surface area contributed by atoms with Crippen LogP contribution < -0.4 is 10.6 Å². The molecule has 0 aromatic heterocycles. The van der Waals surface area contributed by atoms with Gasteiger partial charge in [-0.2, -0.15) is 0 Å². The van der Waals surface area contributed by atoms with Gasteiger partial charge in [0.2, 0.25) is 5.91 Å². The van der Waals surface area contributed by atoms with Gasteiger partial charge in [-0.1, -0.05) is 12.1 Å². The van der Waals surface area contributed by atoms with Crippen LogP contribution in [0.15, 0.2) is 24.3 Å². The van der Waals surface area contributed by atoms with Crippen molar-refractivity contribution in [1.29, 1.82) is 0 Å². The topological polar surface area (TPSA) is 41.1 Å². The molecule has 2 saturated heterocycles. The second-order valence-corrected chi connectivity index (χ2v) is 6.52. The first-order chi connectivity index (χ1) is 10.1. The second kappa shape index (κ2) is 6.14. The van der Waals surface area contributed by atoms with Crippen LogP contribution >= 0.6 is 0 Å². The number of benzene rings is 1. The standard InChI is InChI=1S/C17H23FN2O/c1-11(13-3-2-4-14(18)10-13)19-17(21)9-12-7-15-5-6-16(8-12)20-15/h2-4,10-12,15-16,20H,5-9H2,1H3,(H,19,21)/t11-,12?,15?,16?/m1/s1. The minimum atomic E-state index is -0.261. The highest BCUT2D eigenvalue weighted by atomic mass is 19.1. The number of fused-ring (bicyclic) bond motifs is 2. The fourth-order valence-corrected chi connectivity index (χ4v) is 3.76. The Hall–Kier alpha value is -1.42. The van der Waals surface area contributed by atoms with E-state index in [1.807, 2.05) is 13.0 Å². The zero-order chi connectivity index (χ0) is 14.8. The van der Waals surface area contributed by atoms with Crippen molar-refractivity contribution in [2.75, 3.05) is 0 Å². The number of amides is 1. The van der Waals surface area contributed by atoms with E-state index in [4.69, 9.17) is 0 Å². The number of carbonyl (C=O) groups excluding carboxylic acids is 1. The van der Waals surface area contributed by atoms with Crippen LogP contribution in [0.1, 0.15) is 50.6 Å². The molecule has 1 aromatic carbocycles. The number of hydrogen-bond acceptors (Lipinski definition) is 2. The third-order valence-corrected chi connectivity index (χ3v) is 4.77. The van der Waals surface area contributed by atoms with Gasteiger partial charge >= 0.3 is 0 Å². The summed E-state index contributed by atoms with van der Waals surface area (Å²) in [6.07, 6.45) is 5.32. The van der Waals surface area contributed by atoms with Crippen LogP contribution in [-0.4, -0.2) is 18.0 Å². The van der Waals surface area contributed by atoms with Gasteiger partial charge < -0.3 is 10.6 Å². The molecule has 2 aliphatic rings. The monoisotopic (exact) mass is 290 g/mol. The van der Waals surface area contributed by atoms with Crippen LogP contribution in [-0.2, 0) is 4.79 Å². The van der Waals surface area contributed by atoms with Gasteiger partial charge in [0.05, 0.1) is 6.04 Å². The highest BCUT2D eigenvalue weighted by Gasteiger charge is 2.34. The van der Waals surface area contributed by atoms with Crippen molar-refractivity contribution >= 4 is 5.91 Å². The van der Waals surface area contributed by atoms with E-state index in [0.29, 0.717) is 24.4 Å². The Morgan fingerprint density at radius 2 is 2.10 bits per heavy atom. The van der Waals surface area contributed by atoms with Gasteiger partial charge in [0, 0.05) is 18.5 Å². The van der Waals surface area contributed by atoms with E-state index in [2.05, 4.69) is 10.6 Å². The van der Waals surface area contributed by atoms with E-state index < -0.39 is 0 Å². The van der Waals surface area contributed by atoms with Crippen LogP contribution in [0.4, 0.5) is 4.39 Å². The molecule has 0 radical (unpaired) electrons. The van der Waals surface area contributed by atoms with Gasteiger partial charge in [0.15, 0.2) is 0 Å². The van der Waals surface area contributed by atoms with Gasteiger partial charge in [0.1, 0.15) is 5.82 Å². The Labute approximate surface area is 125 Å². The van der Waals surface area contributed by atoms with Gasteiger partial charge in [-0.15, -0.1) is 0 Å². The average Bonchev–Trinajstić information content (AvgIpc) is 2.77. The highest BCUT2D eigenvalue weighted by molar-refractivity contribution is 5.76. The molecule has 1 amide bonds. The average molecular weight is 290 g/mol. The van der Waals surface area contributed by atoms with E-state index in [0.717, 1.165) is 18.4 Å². The van der Waals surface area contributed by atoms with Gasteiger partial charge in [-0.25, -0.2) is 4.39 Å². The predicted octanol–water partition coefficient (Wildman–Crippen LogP) is 2.92. The SMILES string of the molecule is C[C@@H](NC(=O)CC1CC2CCC(C1)N2)c1cccc(F)c1. The van der Waals surface area contributed by atoms with Crippen molar-refractivity contribution < 1.29 is 9.18 Å². The lowest BCUT2D eigenvalue weighted by atomic mass is 9.89. The molecule has 2 aliphatic heterocycles. The number of rotatable bonds is 4. The van der Waals surface area contributed by atoms with Gasteiger partial charge in [0.25, 0.3) is 0 Å². The minimum Gasteiger partial charge on any atom is -0.350 e. The Morgan fingerprint density at radius 1 is 1.38 bits per heavy atom. The van der Waals surface area contributed by atoms with Crippen LogP contribution in [0.5, 0.6) is 0 Å². The Morgan fingerprint density at radius 3 is 2.76 bits per heavy atom. The summed E-state index contributed by atoms with van der Waals surface area (Å²) in [5, 5.41) is 6.59. The molecule has 2 bridgehead atoms. The highest BCUT2D eigenvalue weighted by Crippen LogP contribution is 2.32. The maximum absolute atomic E-state index is 13.2. The zero-order valence-corrected chi connectivity index (χ0v) is 12.4. The second-order valence-electron chi connectivity index (χ2n) is 6.52. The number of nitrogens with one attached hydrogen (secondary N) is 2. The normalized spacial score (nSPS) is 29.1. The molecule has 2 N–H and O–H groups in total. The molecule has 0 aliphatic carbocycles. The Kier molecular flexibility index (Phi) is 4.24. The molecular weight excluding hydrogens is 267 g/mol. The molecule has 1 aromatic rings. The molecule has 3 atom stereocenters. The first-order valence-electron chi connectivity index (χ1n) is 7.91.